The van der Waals surface area contributed by atoms with Crippen molar-refractivity contribution in [2.24, 2.45) is 0 Å². The maximum absolute atomic E-state index is 12.4. The van der Waals surface area contributed by atoms with E-state index in [0.29, 0.717) is 22.4 Å². The summed E-state index contributed by atoms with van der Waals surface area (Å²) in [7, 11) is 0. The van der Waals surface area contributed by atoms with Gasteiger partial charge in [-0.1, -0.05) is 30.0 Å². The molecule has 1 atom stereocenters. The maximum Gasteiger partial charge on any atom is 0.277 e. The minimum Gasteiger partial charge on any atom is -0.411 e. The molecule has 6 nitrogen and oxygen atoms in total. The molecule has 0 aliphatic rings. The Morgan fingerprint density at radius 1 is 1.19 bits per heavy atom. The molecular formula is C20H18N4O2S. The number of hydrogen-bond donors (Lipinski definition) is 1. The largest absolute Gasteiger partial charge is 0.411 e. The lowest BCUT2D eigenvalue weighted by Crippen LogP contribution is -2.22. The number of hydrogen-bond acceptors (Lipinski definition) is 6. The summed E-state index contributed by atoms with van der Waals surface area (Å²) in [6.45, 7) is 5.81. The third-order valence-electron chi connectivity index (χ3n) is 4.11. The van der Waals surface area contributed by atoms with Crippen LogP contribution in [-0.2, 0) is 4.79 Å². The first-order chi connectivity index (χ1) is 13.0. The van der Waals surface area contributed by atoms with Gasteiger partial charge in [-0.05, 0) is 56.2 Å². The summed E-state index contributed by atoms with van der Waals surface area (Å²) in [5.74, 6) is 0.177. The number of aromatic nitrogens is 2. The summed E-state index contributed by atoms with van der Waals surface area (Å²) in [6.07, 6.45) is 0. The first kappa shape index (κ1) is 18.7. The van der Waals surface area contributed by atoms with Crippen molar-refractivity contribution in [1.29, 1.82) is 5.26 Å². The van der Waals surface area contributed by atoms with Crippen molar-refractivity contribution in [1.82, 2.24) is 10.2 Å². The van der Waals surface area contributed by atoms with E-state index >= 15 is 0 Å². The quantitative estimate of drug-likeness (QED) is 0.664. The second kappa shape index (κ2) is 8.06. The van der Waals surface area contributed by atoms with E-state index in [1.54, 1.807) is 31.2 Å². The van der Waals surface area contributed by atoms with Gasteiger partial charge in [-0.3, -0.25) is 4.79 Å². The van der Waals surface area contributed by atoms with E-state index in [9.17, 15) is 4.79 Å². The Labute approximate surface area is 161 Å². The van der Waals surface area contributed by atoms with Crippen molar-refractivity contribution < 1.29 is 9.21 Å². The minimum absolute atomic E-state index is 0.242. The van der Waals surface area contributed by atoms with E-state index in [2.05, 4.69) is 21.6 Å². The van der Waals surface area contributed by atoms with Gasteiger partial charge in [0.05, 0.1) is 16.5 Å². The average Bonchev–Trinajstić information content (AvgIpc) is 3.12. The fourth-order valence-electron chi connectivity index (χ4n) is 2.38. The van der Waals surface area contributed by atoms with Crippen LogP contribution in [0.1, 0.15) is 23.6 Å². The predicted octanol–water partition coefficient (Wildman–Crippen LogP) is 4.34. The van der Waals surface area contributed by atoms with Gasteiger partial charge in [-0.25, -0.2) is 0 Å². The summed E-state index contributed by atoms with van der Waals surface area (Å²) < 4.78 is 5.69. The molecule has 0 saturated heterocycles. The Morgan fingerprint density at radius 3 is 2.70 bits per heavy atom. The molecule has 0 saturated carbocycles. The highest BCUT2D eigenvalue weighted by molar-refractivity contribution is 8.00. The predicted molar refractivity (Wildman–Crippen MR) is 104 cm³/mol. The van der Waals surface area contributed by atoms with Crippen LogP contribution in [0.4, 0.5) is 5.69 Å². The molecule has 1 amide bonds. The van der Waals surface area contributed by atoms with E-state index < -0.39 is 5.25 Å². The standard InChI is InChI=1S/C20H18N4O2S/c1-12-8-9-15(10-13(12)2)19-23-24-20(26-19)27-14(3)18(25)22-17-7-5-4-6-16(17)11-21/h4-10,14H,1-3H3,(H,22,25)/t14-/m0/s1. The number of rotatable bonds is 5. The van der Waals surface area contributed by atoms with Crippen LogP contribution in [-0.4, -0.2) is 21.4 Å². The SMILES string of the molecule is Cc1ccc(-c2nnc(S[C@@H](C)C(=O)Nc3ccccc3C#N)o2)cc1C. The molecule has 1 heterocycles. The number of anilines is 1. The number of para-hydroxylation sites is 1. The lowest BCUT2D eigenvalue weighted by molar-refractivity contribution is -0.115. The van der Waals surface area contributed by atoms with Crippen LogP contribution in [0.2, 0.25) is 0 Å². The van der Waals surface area contributed by atoms with Crippen LogP contribution in [0.3, 0.4) is 0 Å². The van der Waals surface area contributed by atoms with E-state index in [0.717, 1.165) is 11.1 Å². The van der Waals surface area contributed by atoms with Crippen molar-refractivity contribution in [3.05, 3.63) is 59.2 Å². The Kier molecular flexibility index (Phi) is 5.57. The molecule has 0 aliphatic carbocycles. The van der Waals surface area contributed by atoms with Crippen LogP contribution in [0.5, 0.6) is 0 Å². The van der Waals surface area contributed by atoms with Crippen molar-refractivity contribution in [2.75, 3.05) is 5.32 Å². The van der Waals surface area contributed by atoms with Crippen molar-refractivity contribution in [3.63, 3.8) is 0 Å². The molecule has 0 aliphatic heterocycles. The molecule has 136 valence electrons. The zero-order valence-electron chi connectivity index (χ0n) is 15.2. The van der Waals surface area contributed by atoms with Gasteiger partial charge in [0.15, 0.2) is 0 Å². The molecule has 1 aromatic heterocycles. The number of nitriles is 1. The Morgan fingerprint density at radius 2 is 1.96 bits per heavy atom. The van der Waals surface area contributed by atoms with Crippen molar-refractivity contribution >= 4 is 23.4 Å². The number of nitrogens with one attached hydrogen (secondary N) is 1. The van der Waals surface area contributed by atoms with Crippen LogP contribution in [0.15, 0.2) is 52.1 Å². The average molecular weight is 378 g/mol. The molecule has 7 heteroatoms. The van der Waals surface area contributed by atoms with Crippen LogP contribution in [0, 0.1) is 25.2 Å². The zero-order valence-corrected chi connectivity index (χ0v) is 16.0. The van der Waals surface area contributed by atoms with E-state index in [-0.39, 0.29) is 5.91 Å². The zero-order chi connectivity index (χ0) is 19.4. The molecule has 0 unspecified atom stereocenters. The lowest BCUT2D eigenvalue weighted by Gasteiger charge is -2.10. The Balaban J connectivity index is 1.68. The summed E-state index contributed by atoms with van der Waals surface area (Å²) in [5.41, 5.74) is 4.08. The third kappa shape index (κ3) is 4.36. The topological polar surface area (TPSA) is 91.8 Å². The van der Waals surface area contributed by atoms with Crippen LogP contribution < -0.4 is 5.32 Å². The molecule has 0 radical (unpaired) electrons. The molecule has 3 aromatic rings. The van der Waals surface area contributed by atoms with Crippen LogP contribution >= 0.6 is 11.8 Å². The number of nitrogens with zero attached hydrogens (tertiary/aromatic N) is 3. The summed E-state index contributed by atoms with van der Waals surface area (Å²) in [6, 6.07) is 14.8. The van der Waals surface area contributed by atoms with Gasteiger partial charge in [0.2, 0.25) is 11.8 Å². The number of benzene rings is 2. The molecule has 0 bridgehead atoms. The number of amides is 1. The van der Waals surface area contributed by atoms with E-state index in [4.69, 9.17) is 9.68 Å². The van der Waals surface area contributed by atoms with Gasteiger partial charge >= 0.3 is 0 Å². The first-order valence-corrected chi connectivity index (χ1v) is 9.23. The van der Waals surface area contributed by atoms with Crippen molar-refractivity contribution in [3.8, 4) is 17.5 Å². The smallest absolute Gasteiger partial charge is 0.277 e. The second-order valence-corrected chi connectivity index (χ2v) is 7.37. The van der Waals surface area contributed by atoms with Crippen molar-refractivity contribution in [2.45, 2.75) is 31.2 Å². The highest BCUT2D eigenvalue weighted by Gasteiger charge is 2.20. The van der Waals surface area contributed by atoms with Gasteiger partial charge in [-0.15, -0.1) is 10.2 Å². The number of thioether (sulfide) groups is 1. The molecule has 0 spiro atoms. The summed E-state index contributed by atoms with van der Waals surface area (Å²) in [5, 5.41) is 19.8. The fraction of sp³-hybridized carbons (Fsp3) is 0.200. The van der Waals surface area contributed by atoms with Gasteiger partial charge in [0, 0.05) is 5.56 Å². The van der Waals surface area contributed by atoms with Crippen LogP contribution in [0.25, 0.3) is 11.5 Å². The van der Waals surface area contributed by atoms with Gasteiger partial charge in [0.1, 0.15) is 6.07 Å². The first-order valence-electron chi connectivity index (χ1n) is 8.35. The third-order valence-corrected chi connectivity index (χ3v) is 5.05. The molecule has 27 heavy (non-hydrogen) atoms. The molecule has 2 aromatic carbocycles. The van der Waals surface area contributed by atoms with E-state index in [1.165, 1.54) is 17.3 Å². The minimum atomic E-state index is -0.468. The van der Waals surface area contributed by atoms with E-state index in [1.807, 2.05) is 32.0 Å². The highest BCUT2D eigenvalue weighted by Crippen LogP contribution is 2.28. The monoisotopic (exact) mass is 378 g/mol. The lowest BCUT2D eigenvalue weighted by atomic mass is 10.1. The fourth-order valence-corrected chi connectivity index (χ4v) is 3.06. The molecular weight excluding hydrogens is 360 g/mol. The molecule has 0 fully saturated rings. The summed E-state index contributed by atoms with van der Waals surface area (Å²) >= 11 is 1.17. The Bertz CT molecular complexity index is 1020. The normalized spacial score (nSPS) is 11.6. The second-order valence-electron chi connectivity index (χ2n) is 6.08. The number of aryl methyl sites for hydroxylation is 2. The Hall–Kier alpha value is -3.11. The van der Waals surface area contributed by atoms with Gasteiger partial charge in [0.25, 0.3) is 5.22 Å². The molecule has 1 N–H and O–H groups in total. The number of carbonyl (C=O) groups is 1. The van der Waals surface area contributed by atoms with Gasteiger partial charge in [-0.2, -0.15) is 5.26 Å². The molecule has 3 rings (SSSR count). The summed E-state index contributed by atoms with van der Waals surface area (Å²) in [4.78, 5) is 12.4. The highest BCUT2D eigenvalue weighted by atomic mass is 32.2. The van der Waals surface area contributed by atoms with Gasteiger partial charge < -0.3 is 9.73 Å². The maximum atomic E-state index is 12.4. The number of carbonyl (C=O) groups excluding carboxylic acids is 1.